The van der Waals surface area contributed by atoms with Crippen molar-refractivity contribution < 1.29 is 17.9 Å². The van der Waals surface area contributed by atoms with E-state index < -0.39 is 9.84 Å². The van der Waals surface area contributed by atoms with E-state index in [0.29, 0.717) is 50.6 Å². The molecule has 8 nitrogen and oxygen atoms in total. The smallest absolute Gasteiger partial charge is 0.257 e. The molecule has 2 aromatic rings. The number of pyridine rings is 1. The molecule has 9 heteroatoms. The molecule has 2 fully saturated rings. The Bertz CT molecular complexity index is 1020. The van der Waals surface area contributed by atoms with Crippen molar-refractivity contribution >= 4 is 27.2 Å². The third kappa shape index (κ3) is 5.16. The summed E-state index contributed by atoms with van der Waals surface area (Å²) >= 11 is 0. The summed E-state index contributed by atoms with van der Waals surface area (Å²) in [4.78, 5) is 21.6. The molecule has 0 bridgehead atoms. The fourth-order valence-electron chi connectivity index (χ4n) is 4.14. The van der Waals surface area contributed by atoms with Gasteiger partial charge in [0.1, 0.15) is 11.6 Å². The third-order valence-corrected chi connectivity index (χ3v) is 7.54. The number of hydrogen-bond acceptors (Lipinski definition) is 7. The number of hydrogen-bond donors (Lipinski definition) is 1. The first-order chi connectivity index (χ1) is 14.9. The molecule has 1 unspecified atom stereocenters. The Labute approximate surface area is 183 Å². The quantitative estimate of drug-likeness (QED) is 0.730. The van der Waals surface area contributed by atoms with Crippen LogP contribution in [-0.2, 0) is 9.84 Å². The second kappa shape index (κ2) is 9.23. The predicted octanol–water partition coefficient (Wildman–Crippen LogP) is 2.17. The van der Waals surface area contributed by atoms with Crippen molar-refractivity contribution in [3.8, 4) is 5.75 Å². The topological polar surface area (TPSA) is 91.8 Å². The molecule has 1 amide bonds. The van der Waals surface area contributed by atoms with Gasteiger partial charge in [-0.25, -0.2) is 13.4 Å². The second-order valence-electron chi connectivity index (χ2n) is 7.87. The van der Waals surface area contributed by atoms with Gasteiger partial charge in [-0.3, -0.25) is 9.69 Å². The molecule has 2 aliphatic rings. The Kier molecular flexibility index (Phi) is 6.43. The van der Waals surface area contributed by atoms with E-state index in [0.717, 1.165) is 11.4 Å². The molecule has 1 aromatic carbocycles. The van der Waals surface area contributed by atoms with Crippen LogP contribution in [0.5, 0.6) is 5.75 Å². The number of sulfone groups is 1. The fraction of sp³-hybridized carbons (Fsp3) is 0.455. The van der Waals surface area contributed by atoms with Gasteiger partial charge in [-0.2, -0.15) is 0 Å². The summed E-state index contributed by atoms with van der Waals surface area (Å²) < 4.78 is 29.0. The molecule has 0 saturated carbocycles. The SMILES string of the molecule is CCOc1ccc(Nc2ncccc2C(=O)N2CCN(C3CCS(=O)(=O)C3)CC2)cc1. The van der Waals surface area contributed by atoms with Gasteiger partial charge in [-0.1, -0.05) is 0 Å². The van der Waals surface area contributed by atoms with Gasteiger partial charge in [0.25, 0.3) is 5.91 Å². The summed E-state index contributed by atoms with van der Waals surface area (Å²) in [7, 11) is -2.91. The average Bonchev–Trinajstić information content (AvgIpc) is 3.15. The highest BCUT2D eigenvalue weighted by Crippen LogP contribution is 2.24. The van der Waals surface area contributed by atoms with E-state index in [4.69, 9.17) is 4.74 Å². The Morgan fingerprint density at radius 2 is 1.90 bits per heavy atom. The molecule has 0 radical (unpaired) electrons. The van der Waals surface area contributed by atoms with Gasteiger partial charge in [0, 0.05) is 44.1 Å². The highest BCUT2D eigenvalue weighted by Gasteiger charge is 2.34. The molecular weight excluding hydrogens is 416 g/mol. The van der Waals surface area contributed by atoms with Crippen LogP contribution in [0.4, 0.5) is 11.5 Å². The van der Waals surface area contributed by atoms with Gasteiger partial charge in [-0.15, -0.1) is 0 Å². The van der Waals surface area contributed by atoms with Gasteiger partial charge >= 0.3 is 0 Å². The van der Waals surface area contributed by atoms with Crippen molar-refractivity contribution in [2.45, 2.75) is 19.4 Å². The molecule has 166 valence electrons. The first-order valence-electron chi connectivity index (χ1n) is 10.6. The molecule has 2 saturated heterocycles. The van der Waals surface area contributed by atoms with Crippen LogP contribution >= 0.6 is 0 Å². The largest absolute Gasteiger partial charge is 0.494 e. The van der Waals surface area contributed by atoms with E-state index in [1.807, 2.05) is 36.1 Å². The summed E-state index contributed by atoms with van der Waals surface area (Å²) in [6, 6.07) is 11.2. The standard InChI is InChI=1S/C22H28N4O4S/c1-2-30-19-7-5-17(6-8-19)24-21-20(4-3-10-23-21)22(27)26-13-11-25(12-14-26)18-9-15-31(28,29)16-18/h3-8,10,18H,2,9,11-16H2,1H3,(H,23,24). The van der Waals surface area contributed by atoms with Crippen LogP contribution in [0.25, 0.3) is 0 Å². The van der Waals surface area contributed by atoms with Crippen LogP contribution in [-0.4, -0.2) is 79.4 Å². The van der Waals surface area contributed by atoms with Crippen LogP contribution in [0.1, 0.15) is 23.7 Å². The Morgan fingerprint density at radius 3 is 2.55 bits per heavy atom. The highest BCUT2D eigenvalue weighted by atomic mass is 32.2. The molecule has 0 spiro atoms. The Balaban J connectivity index is 1.40. The number of carbonyl (C=O) groups excluding carboxylic acids is 1. The maximum absolute atomic E-state index is 13.2. The van der Waals surface area contributed by atoms with Crippen LogP contribution in [0.2, 0.25) is 0 Å². The summed E-state index contributed by atoms with van der Waals surface area (Å²) in [5.41, 5.74) is 1.34. The van der Waals surface area contributed by atoms with E-state index in [9.17, 15) is 13.2 Å². The van der Waals surface area contributed by atoms with E-state index >= 15 is 0 Å². The van der Waals surface area contributed by atoms with Crippen molar-refractivity contribution in [2.75, 3.05) is 49.6 Å². The van der Waals surface area contributed by atoms with Gasteiger partial charge < -0.3 is 15.0 Å². The molecule has 2 aliphatic heterocycles. The molecule has 1 N–H and O–H groups in total. The van der Waals surface area contributed by atoms with Crippen molar-refractivity contribution in [1.29, 1.82) is 0 Å². The number of rotatable bonds is 6. The number of benzene rings is 1. The molecule has 1 atom stereocenters. The number of nitrogens with zero attached hydrogens (tertiary/aromatic N) is 3. The molecule has 31 heavy (non-hydrogen) atoms. The van der Waals surface area contributed by atoms with Crippen molar-refractivity contribution in [3.05, 3.63) is 48.2 Å². The van der Waals surface area contributed by atoms with Crippen molar-refractivity contribution in [1.82, 2.24) is 14.8 Å². The minimum Gasteiger partial charge on any atom is -0.494 e. The number of nitrogens with one attached hydrogen (secondary N) is 1. The number of carbonyl (C=O) groups is 1. The maximum atomic E-state index is 13.2. The molecule has 0 aliphatic carbocycles. The fourth-order valence-corrected chi connectivity index (χ4v) is 5.90. The summed E-state index contributed by atoms with van der Waals surface area (Å²) in [6.45, 7) is 5.07. The molecule has 1 aromatic heterocycles. The summed E-state index contributed by atoms with van der Waals surface area (Å²) in [5.74, 6) is 1.74. The summed E-state index contributed by atoms with van der Waals surface area (Å²) in [5, 5.41) is 3.23. The minimum atomic E-state index is -2.91. The van der Waals surface area contributed by atoms with Crippen LogP contribution in [0.15, 0.2) is 42.6 Å². The van der Waals surface area contributed by atoms with Crippen LogP contribution in [0.3, 0.4) is 0 Å². The molecular formula is C22H28N4O4S. The van der Waals surface area contributed by atoms with E-state index in [2.05, 4.69) is 15.2 Å². The van der Waals surface area contributed by atoms with E-state index in [1.54, 1.807) is 18.3 Å². The second-order valence-corrected chi connectivity index (χ2v) is 10.1. The van der Waals surface area contributed by atoms with Gasteiger partial charge in [0.15, 0.2) is 9.84 Å². The lowest BCUT2D eigenvalue weighted by Crippen LogP contribution is -2.52. The molecule has 4 rings (SSSR count). The summed E-state index contributed by atoms with van der Waals surface area (Å²) in [6.07, 6.45) is 2.35. The zero-order valence-electron chi connectivity index (χ0n) is 17.7. The first kappa shape index (κ1) is 21.6. The Hall–Kier alpha value is -2.65. The van der Waals surface area contributed by atoms with Crippen LogP contribution in [0, 0.1) is 0 Å². The normalized spacial score (nSPS) is 21.1. The van der Waals surface area contributed by atoms with E-state index in [-0.39, 0.29) is 23.5 Å². The van der Waals surface area contributed by atoms with Crippen LogP contribution < -0.4 is 10.1 Å². The Morgan fingerprint density at radius 1 is 1.16 bits per heavy atom. The highest BCUT2D eigenvalue weighted by molar-refractivity contribution is 7.91. The molecule has 3 heterocycles. The lowest BCUT2D eigenvalue weighted by molar-refractivity contribution is 0.0588. The number of piperazine rings is 1. The van der Waals surface area contributed by atoms with Gasteiger partial charge in [0.2, 0.25) is 0 Å². The lowest BCUT2D eigenvalue weighted by atomic mass is 10.1. The van der Waals surface area contributed by atoms with Gasteiger partial charge in [0.05, 0.1) is 23.7 Å². The number of aromatic nitrogens is 1. The van der Waals surface area contributed by atoms with E-state index in [1.165, 1.54) is 0 Å². The minimum absolute atomic E-state index is 0.0692. The van der Waals surface area contributed by atoms with Gasteiger partial charge in [-0.05, 0) is 49.7 Å². The number of amides is 1. The zero-order valence-corrected chi connectivity index (χ0v) is 18.5. The first-order valence-corrected chi connectivity index (χ1v) is 12.5. The monoisotopic (exact) mass is 444 g/mol. The average molecular weight is 445 g/mol. The lowest BCUT2D eigenvalue weighted by Gasteiger charge is -2.37. The predicted molar refractivity (Wildman–Crippen MR) is 120 cm³/mol. The maximum Gasteiger partial charge on any atom is 0.257 e. The number of anilines is 2. The third-order valence-electron chi connectivity index (χ3n) is 5.79. The number of ether oxygens (including phenoxy) is 1. The van der Waals surface area contributed by atoms with Crippen molar-refractivity contribution in [2.24, 2.45) is 0 Å². The van der Waals surface area contributed by atoms with Crippen molar-refractivity contribution in [3.63, 3.8) is 0 Å². The zero-order chi connectivity index (χ0) is 21.8.